The van der Waals surface area contributed by atoms with Gasteiger partial charge < -0.3 is 14.0 Å². The summed E-state index contributed by atoms with van der Waals surface area (Å²) >= 11 is -2.34. The van der Waals surface area contributed by atoms with Crippen molar-refractivity contribution in [1.82, 2.24) is 4.90 Å². The Balaban J connectivity index is 2.11. The summed E-state index contributed by atoms with van der Waals surface area (Å²) in [5, 5.41) is 0. The second kappa shape index (κ2) is 12.4. The molecule has 0 heterocycles. The molecule has 0 amide bonds. The topological polar surface area (TPSA) is 78.9 Å². The molecule has 6 nitrogen and oxygen atoms in total. The van der Waals surface area contributed by atoms with E-state index < -0.39 is 11.1 Å². The number of esters is 1. The number of ether oxygens (including phenoxy) is 2. The van der Waals surface area contributed by atoms with Gasteiger partial charge in [0.25, 0.3) is 0 Å². The lowest BCUT2D eigenvalue weighted by molar-refractivity contribution is -0.134. The van der Waals surface area contributed by atoms with Crippen LogP contribution in [0.4, 0.5) is 0 Å². The highest BCUT2D eigenvalue weighted by Gasteiger charge is 2.15. The molecule has 0 N–H and O–H groups in total. The number of para-hydroxylation sites is 1. The zero-order valence-electron chi connectivity index (χ0n) is 18.5. The van der Waals surface area contributed by atoms with E-state index in [-0.39, 0.29) is 17.0 Å². The third-order valence-corrected chi connectivity index (χ3v) is 5.65. The number of carbonyl (C=O) groups excluding carboxylic acids is 1. The minimum absolute atomic E-state index is 0.151. The lowest BCUT2D eigenvalue weighted by Crippen LogP contribution is -2.32. The molecule has 2 rings (SSSR count). The average Bonchev–Trinajstić information content (AvgIpc) is 2.77. The summed E-state index contributed by atoms with van der Waals surface area (Å²) in [6.45, 7) is 5.48. The molecule has 0 radical (unpaired) electrons. The Bertz CT molecular complexity index is 928. The smallest absolute Gasteiger partial charge is 0.330 e. The minimum atomic E-state index is -2.34. The SMILES string of the molecule is CCc1ccc(C=CC(=O)OC)cc1CN(C)CC(CC)Oc1ccccc1S(=O)[O-]. The van der Waals surface area contributed by atoms with Crippen molar-refractivity contribution in [3.8, 4) is 5.75 Å². The van der Waals surface area contributed by atoms with Gasteiger partial charge in [0, 0.05) is 19.2 Å². The van der Waals surface area contributed by atoms with E-state index >= 15 is 0 Å². The first-order valence-electron chi connectivity index (χ1n) is 10.3. The van der Waals surface area contributed by atoms with Crippen LogP contribution in [0.25, 0.3) is 6.08 Å². The molecule has 0 saturated heterocycles. The van der Waals surface area contributed by atoms with Gasteiger partial charge in [-0.15, -0.1) is 0 Å². The molecule has 0 aliphatic heterocycles. The van der Waals surface area contributed by atoms with Gasteiger partial charge >= 0.3 is 5.97 Å². The van der Waals surface area contributed by atoms with Crippen molar-refractivity contribution >= 4 is 23.1 Å². The van der Waals surface area contributed by atoms with E-state index in [2.05, 4.69) is 28.7 Å². The normalized spacial score (nSPS) is 13.4. The minimum Gasteiger partial charge on any atom is -0.768 e. The van der Waals surface area contributed by atoms with Crippen LogP contribution in [0.2, 0.25) is 0 Å². The standard InChI is InChI=1S/C24H31NO5S/c1-5-19-13-11-18(12-14-24(26)29-4)15-20(19)16-25(3)17-21(6-2)30-22-9-7-8-10-23(22)31(27)28/h7-15,21H,5-6,16-17H2,1-4H3,(H,27,28)/p-1. The van der Waals surface area contributed by atoms with Crippen LogP contribution < -0.4 is 4.74 Å². The molecule has 0 bridgehead atoms. The van der Waals surface area contributed by atoms with Gasteiger partial charge in [0.15, 0.2) is 0 Å². The zero-order valence-corrected chi connectivity index (χ0v) is 19.3. The molecule has 2 aromatic carbocycles. The second-order valence-corrected chi connectivity index (χ2v) is 8.17. The van der Waals surface area contributed by atoms with Gasteiger partial charge in [-0.3, -0.25) is 9.11 Å². The Morgan fingerprint density at radius 2 is 1.94 bits per heavy atom. The monoisotopic (exact) mass is 444 g/mol. The fourth-order valence-electron chi connectivity index (χ4n) is 3.29. The van der Waals surface area contributed by atoms with Crippen LogP contribution >= 0.6 is 0 Å². The van der Waals surface area contributed by atoms with Crippen LogP contribution in [-0.2, 0) is 33.6 Å². The Labute approximate surface area is 187 Å². The Kier molecular flexibility index (Phi) is 9.91. The summed E-state index contributed by atoms with van der Waals surface area (Å²) in [4.78, 5) is 13.7. The van der Waals surface area contributed by atoms with E-state index in [9.17, 15) is 13.6 Å². The summed E-state index contributed by atoms with van der Waals surface area (Å²) in [5.41, 5.74) is 3.34. The number of carbonyl (C=O) groups is 1. The van der Waals surface area contributed by atoms with E-state index in [1.165, 1.54) is 30.4 Å². The van der Waals surface area contributed by atoms with Crippen LogP contribution in [0.1, 0.15) is 37.0 Å². The summed E-state index contributed by atoms with van der Waals surface area (Å²) in [6.07, 6.45) is 4.65. The Hall–Kier alpha value is -2.48. The van der Waals surface area contributed by atoms with Gasteiger partial charge in [-0.25, -0.2) is 4.79 Å². The van der Waals surface area contributed by atoms with Gasteiger partial charge in [0.05, 0.1) is 12.0 Å². The van der Waals surface area contributed by atoms with Crippen LogP contribution in [0.5, 0.6) is 5.75 Å². The summed E-state index contributed by atoms with van der Waals surface area (Å²) in [7, 11) is 3.37. The number of rotatable bonds is 11. The predicted molar refractivity (Wildman–Crippen MR) is 122 cm³/mol. The van der Waals surface area contributed by atoms with E-state index in [1.807, 2.05) is 20.0 Å². The fraction of sp³-hybridized carbons (Fsp3) is 0.375. The number of hydrogen-bond donors (Lipinski definition) is 0. The maximum absolute atomic E-state index is 11.4. The molecular weight excluding hydrogens is 414 g/mol. The first kappa shape index (κ1) is 24.8. The summed E-state index contributed by atoms with van der Waals surface area (Å²) < 4.78 is 33.6. The van der Waals surface area contributed by atoms with E-state index in [0.717, 1.165) is 18.4 Å². The highest BCUT2D eigenvalue weighted by atomic mass is 32.2. The quantitative estimate of drug-likeness (QED) is 0.297. The Morgan fingerprint density at radius 1 is 1.19 bits per heavy atom. The third kappa shape index (κ3) is 7.61. The molecule has 31 heavy (non-hydrogen) atoms. The van der Waals surface area contributed by atoms with Crippen LogP contribution in [0.3, 0.4) is 0 Å². The Morgan fingerprint density at radius 3 is 2.58 bits per heavy atom. The molecule has 0 fully saturated rings. The number of nitrogens with zero attached hydrogens (tertiary/aromatic N) is 1. The van der Waals surface area contributed by atoms with Gasteiger partial charge in [0.2, 0.25) is 0 Å². The third-order valence-electron chi connectivity index (χ3n) is 4.96. The van der Waals surface area contributed by atoms with E-state index in [4.69, 9.17) is 4.74 Å². The van der Waals surface area contributed by atoms with Crippen molar-refractivity contribution in [2.75, 3.05) is 20.7 Å². The van der Waals surface area contributed by atoms with Crippen molar-refractivity contribution in [1.29, 1.82) is 0 Å². The molecule has 0 saturated carbocycles. The highest BCUT2D eigenvalue weighted by Crippen LogP contribution is 2.23. The maximum atomic E-state index is 11.4. The predicted octanol–water partition coefficient (Wildman–Crippen LogP) is 3.96. The highest BCUT2D eigenvalue weighted by molar-refractivity contribution is 7.79. The van der Waals surface area contributed by atoms with Crippen molar-refractivity contribution in [3.05, 3.63) is 65.2 Å². The van der Waals surface area contributed by atoms with Gasteiger partial charge in [-0.1, -0.05) is 44.2 Å². The molecule has 168 valence electrons. The molecule has 0 spiro atoms. The molecule has 2 unspecified atom stereocenters. The van der Waals surface area contributed by atoms with Gasteiger partial charge in [-0.05, 0) is 65.9 Å². The van der Waals surface area contributed by atoms with Crippen molar-refractivity contribution in [2.24, 2.45) is 0 Å². The number of methoxy groups -OCH3 is 1. The van der Waals surface area contributed by atoms with E-state index in [0.29, 0.717) is 18.8 Å². The van der Waals surface area contributed by atoms with Gasteiger partial charge in [-0.2, -0.15) is 0 Å². The molecule has 0 aliphatic carbocycles. The van der Waals surface area contributed by atoms with E-state index in [1.54, 1.807) is 24.3 Å². The first-order valence-corrected chi connectivity index (χ1v) is 11.4. The number of hydrogen-bond acceptors (Lipinski definition) is 6. The summed E-state index contributed by atoms with van der Waals surface area (Å²) in [5.74, 6) is -0.0132. The van der Waals surface area contributed by atoms with Crippen molar-refractivity contribution < 1.29 is 23.0 Å². The molecule has 0 aromatic heterocycles. The maximum Gasteiger partial charge on any atom is 0.330 e. The van der Waals surface area contributed by atoms with Crippen molar-refractivity contribution in [2.45, 2.75) is 44.2 Å². The summed E-state index contributed by atoms with van der Waals surface area (Å²) in [6, 6.07) is 12.8. The van der Waals surface area contributed by atoms with Crippen molar-refractivity contribution in [3.63, 3.8) is 0 Å². The molecule has 0 aliphatic rings. The number of likely N-dealkylation sites (N-methyl/N-ethyl adjacent to an activating group) is 1. The van der Waals surface area contributed by atoms with Crippen LogP contribution in [0, 0.1) is 0 Å². The lowest BCUT2D eigenvalue weighted by atomic mass is 10.0. The molecule has 7 heteroatoms. The van der Waals surface area contributed by atoms with Crippen LogP contribution in [0.15, 0.2) is 53.4 Å². The molecule has 2 atom stereocenters. The first-order chi connectivity index (χ1) is 14.9. The number of aryl methyl sites for hydroxylation is 1. The fourth-order valence-corrected chi connectivity index (χ4v) is 3.76. The second-order valence-electron chi connectivity index (χ2n) is 7.26. The largest absolute Gasteiger partial charge is 0.768 e. The zero-order chi connectivity index (χ0) is 22.8. The molecular formula is C24H30NO5S-. The number of benzene rings is 2. The van der Waals surface area contributed by atoms with Crippen LogP contribution in [-0.4, -0.2) is 46.4 Å². The molecule has 2 aromatic rings. The van der Waals surface area contributed by atoms with Gasteiger partial charge in [0.1, 0.15) is 11.9 Å². The average molecular weight is 445 g/mol. The lowest BCUT2D eigenvalue weighted by Gasteiger charge is -2.26.